The molecule has 24 heavy (non-hydrogen) atoms. The van der Waals surface area contributed by atoms with Crippen molar-refractivity contribution < 1.29 is 9.90 Å². The largest absolute Gasteiger partial charge is 0.477 e. The number of carbonyl (C=O) groups is 1. The summed E-state index contributed by atoms with van der Waals surface area (Å²) >= 11 is 3.34. The van der Waals surface area contributed by atoms with Crippen LogP contribution < -0.4 is 5.43 Å². The molecule has 0 radical (unpaired) electrons. The second-order valence-corrected chi connectivity index (χ2v) is 6.80. The summed E-state index contributed by atoms with van der Waals surface area (Å²) < 4.78 is 2.56. The quantitative estimate of drug-likeness (QED) is 0.737. The second kappa shape index (κ2) is 6.24. The zero-order chi connectivity index (χ0) is 17.4. The molecule has 5 heteroatoms. The molecule has 3 rings (SSSR count). The molecule has 0 atom stereocenters. The van der Waals surface area contributed by atoms with Crippen LogP contribution in [0.3, 0.4) is 0 Å². The van der Waals surface area contributed by atoms with Crippen molar-refractivity contribution in [3.8, 4) is 0 Å². The molecular formula is C19H16BrNO3. The van der Waals surface area contributed by atoms with Crippen LogP contribution in [0.4, 0.5) is 0 Å². The van der Waals surface area contributed by atoms with Crippen molar-refractivity contribution in [3.63, 3.8) is 0 Å². The maximum Gasteiger partial charge on any atom is 0.341 e. The Balaban J connectivity index is 2.22. The summed E-state index contributed by atoms with van der Waals surface area (Å²) in [5, 5.41) is 9.74. The summed E-state index contributed by atoms with van der Waals surface area (Å²) in [6, 6.07) is 11.5. The number of fused-ring (bicyclic) bond motifs is 1. The lowest BCUT2D eigenvalue weighted by molar-refractivity contribution is 0.0695. The topological polar surface area (TPSA) is 59.3 Å². The zero-order valence-electron chi connectivity index (χ0n) is 13.3. The van der Waals surface area contributed by atoms with Gasteiger partial charge in [0, 0.05) is 22.6 Å². The Labute approximate surface area is 147 Å². The van der Waals surface area contributed by atoms with Crippen LogP contribution in [0.15, 0.2) is 51.9 Å². The molecule has 0 fully saturated rings. The van der Waals surface area contributed by atoms with Gasteiger partial charge >= 0.3 is 5.97 Å². The standard InChI is InChI=1S/C19H16BrNO3/c1-11-3-4-13(7-12(11)2)9-21-10-16(19(23)24)18(22)15-8-14(20)5-6-17(15)21/h3-8,10H,9H2,1-2H3,(H,23,24). The number of rotatable bonds is 3. The van der Waals surface area contributed by atoms with E-state index in [9.17, 15) is 14.7 Å². The number of nitrogens with zero attached hydrogens (tertiary/aromatic N) is 1. The Kier molecular flexibility index (Phi) is 4.28. The van der Waals surface area contributed by atoms with Crippen LogP contribution in [0.2, 0.25) is 0 Å². The van der Waals surface area contributed by atoms with E-state index >= 15 is 0 Å². The highest BCUT2D eigenvalue weighted by atomic mass is 79.9. The first kappa shape index (κ1) is 16.5. The number of carboxylic acids is 1. The van der Waals surface area contributed by atoms with Gasteiger partial charge in [-0.2, -0.15) is 0 Å². The van der Waals surface area contributed by atoms with Gasteiger partial charge in [-0.25, -0.2) is 4.79 Å². The van der Waals surface area contributed by atoms with Gasteiger partial charge in [0.05, 0.1) is 5.52 Å². The number of benzene rings is 2. The summed E-state index contributed by atoms with van der Waals surface area (Å²) in [4.78, 5) is 23.8. The molecule has 1 N–H and O–H groups in total. The third-order valence-electron chi connectivity index (χ3n) is 4.20. The van der Waals surface area contributed by atoms with E-state index in [1.165, 1.54) is 17.3 Å². The van der Waals surface area contributed by atoms with E-state index in [1.54, 1.807) is 6.07 Å². The van der Waals surface area contributed by atoms with Gasteiger partial charge < -0.3 is 9.67 Å². The van der Waals surface area contributed by atoms with Gasteiger partial charge in [0.2, 0.25) is 5.43 Å². The van der Waals surface area contributed by atoms with Gasteiger partial charge in [-0.3, -0.25) is 4.79 Å². The minimum absolute atomic E-state index is 0.218. The average Bonchev–Trinajstić information content (AvgIpc) is 2.53. The molecule has 4 nitrogen and oxygen atoms in total. The van der Waals surface area contributed by atoms with Gasteiger partial charge in [0.15, 0.2) is 0 Å². The molecule has 0 spiro atoms. The number of aryl methyl sites for hydroxylation is 2. The van der Waals surface area contributed by atoms with E-state index in [0.717, 1.165) is 10.0 Å². The first-order chi connectivity index (χ1) is 11.4. The molecule has 0 aliphatic heterocycles. The summed E-state index contributed by atoms with van der Waals surface area (Å²) in [7, 11) is 0. The molecule has 0 saturated carbocycles. The molecular weight excluding hydrogens is 370 g/mol. The SMILES string of the molecule is Cc1ccc(Cn2cc(C(=O)O)c(=O)c3cc(Br)ccc32)cc1C. The number of pyridine rings is 1. The predicted molar refractivity (Wildman–Crippen MR) is 97.9 cm³/mol. The first-order valence-corrected chi connectivity index (χ1v) is 8.28. The van der Waals surface area contributed by atoms with E-state index in [1.807, 2.05) is 42.7 Å². The molecule has 2 aromatic carbocycles. The predicted octanol–water partition coefficient (Wildman–Crippen LogP) is 4.13. The lowest BCUT2D eigenvalue weighted by Crippen LogP contribution is -2.19. The Morgan fingerprint density at radius 3 is 2.54 bits per heavy atom. The fourth-order valence-electron chi connectivity index (χ4n) is 2.75. The van der Waals surface area contributed by atoms with Crippen LogP contribution in [0.25, 0.3) is 10.9 Å². The van der Waals surface area contributed by atoms with Gasteiger partial charge in [-0.05, 0) is 48.7 Å². The second-order valence-electron chi connectivity index (χ2n) is 5.89. The summed E-state index contributed by atoms with van der Waals surface area (Å²) in [6.45, 7) is 4.59. The average molecular weight is 386 g/mol. The van der Waals surface area contributed by atoms with Crippen molar-refractivity contribution in [2.75, 3.05) is 0 Å². The first-order valence-electron chi connectivity index (χ1n) is 7.49. The zero-order valence-corrected chi connectivity index (χ0v) is 14.9. The fraction of sp³-hybridized carbons (Fsp3) is 0.158. The maximum atomic E-state index is 12.4. The number of carboxylic acid groups (broad SMARTS) is 1. The maximum absolute atomic E-state index is 12.4. The summed E-state index contributed by atoms with van der Waals surface area (Å²) in [5.41, 5.74) is 3.48. The molecule has 1 aromatic heterocycles. The van der Waals surface area contributed by atoms with Crippen LogP contribution in [-0.2, 0) is 6.54 Å². The van der Waals surface area contributed by atoms with E-state index in [-0.39, 0.29) is 5.56 Å². The molecule has 0 saturated heterocycles. The minimum Gasteiger partial charge on any atom is -0.477 e. The number of halogens is 1. The van der Waals surface area contributed by atoms with E-state index in [2.05, 4.69) is 22.0 Å². The van der Waals surface area contributed by atoms with E-state index in [0.29, 0.717) is 17.4 Å². The fourth-order valence-corrected chi connectivity index (χ4v) is 3.11. The molecule has 0 unspecified atom stereocenters. The molecule has 0 bridgehead atoms. The van der Waals surface area contributed by atoms with Gasteiger partial charge in [-0.1, -0.05) is 34.1 Å². The van der Waals surface area contributed by atoms with Crippen LogP contribution in [-0.4, -0.2) is 15.6 Å². The number of aromatic nitrogens is 1. The molecule has 3 aromatic rings. The van der Waals surface area contributed by atoms with E-state index in [4.69, 9.17) is 0 Å². The van der Waals surface area contributed by atoms with Gasteiger partial charge in [0.1, 0.15) is 5.56 Å². The summed E-state index contributed by atoms with van der Waals surface area (Å²) in [6.07, 6.45) is 1.43. The summed E-state index contributed by atoms with van der Waals surface area (Å²) in [5.74, 6) is -1.21. The Hall–Kier alpha value is -2.40. The van der Waals surface area contributed by atoms with Crippen molar-refractivity contribution in [3.05, 3.63) is 79.5 Å². The normalized spacial score (nSPS) is 11.0. The van der Waals surface area contributed by atoms with E-state index < -0.39 is 11.4 Å². The van der Waals surface area contributed by atoms with Crippen molar-refractivity contribution in [1.29, 1.82) is 0 Å². The Morgan fingerprint density at radius 2 is 1.88 bits per heavy atom. The van der Waals surface area contributed by atoms with Gasteiger partial charge in [0.25, 0.3) is 0 Å². The minimum atomic E-state index is -1.21. The highest BCUT2D eigenvalue weighted by Gasteiger charge is 2.15. The molecule has 122 valence electrons. The van der Waals surface area contributed by atoms with Crippen LogP contribution in [0.1, 0.15) is 27.0 Å². The Bertz CT molecular complexity index is 1020. The van der Waals surface area contributed by atoms with Crippen molar-refractivity contribution in [2.45, 2.75) is 20.4 Å². The lowest BCUT2D eigenvalue weighted by atomic mass is 10.1. The van der Waals surface area contributed by atoms with Crippen LogP contribution in [0.5, 0.6) is 0 Å². The number of aromatic carboxylic acids is 1. The number of hydrogen-bond donors (Lipinski definition) is 1. The van der Waals surface area contributed by atoms with Crippen molar-refractivity contribution >= 4 is 32.8 Å². The molecule has 0 amide bonds. The van der Waals surface area contributed by atoms with Crippen molar-refractivity contribution in [2.24, 2.45) is 0 Å². The van der Waals surface area contributed by atoms with Crippen LogP contribution >= 0.6 is 15.9 Å². The lowest BCUT2D eigenvalue weighted by Gasteiger charge is -2.14. The van der Waals surface area contributed by atoms with Gasteiger partial charge in [-0.15, -0.1) is 0 Å². The van der Waals surface area contributed by atoms with Crippen LogP contribution in [0, 0.1) is 13.8 Å². The number of hydrogen-bond acceptors (Lipinski definition) is 2. The van der Waals surface area contributed by atoms with Crippen molar-refractivity contribution in [1.82, 2.24) is 4.57 Å². The molecule has 1 heterocycles. The molecule has 0 aliphatic rings. The Morgan fingerprint density at radius 1 is 1.12 bits per heavy atom. The monoisotopic (exact) mass is 385 g/mol. The highest BCUT2D eigenvalue weighted by molar-refractivity contribution is 9.10. The highest BCUT2D eigenvalue weighted by Crippen LogP contribution is 2.20. The third kappa shape index (κ3) is 2.99. The molecule has 0 aliphatic carbocycles. The third-order valence-corrected chi connectivity index (χ3v) is 4.69. The smallest absolute Gasteiger partial charge is 0.341 e.